The maximum absolute atomic E-state index is 13.7. The molecule has 0 saturated carbocycles. The summed E-state index contributed by atoms with van der Waals surface area (Å²) in [5.74, 6) is 0.111. The van der Waals surface area contributed by atoms with Gasteiger partial charge in [0, 0.05) is 6.07 Å². The first-order valence-electron chi connectivity index (χ1n) is 4.73. The van der Waals surface area contributed by atoms with Crippen LogP contribution in [0.3, 0.4) is 0 Å². The van der Waals surface area contributed by atoms with E-state index in [2.05, 4.69) is 4.98 Å². The van der Waals surface area contributed by atoms with Gasteiger partial charge in [-0.05, 0) is 6.92 Å². The van der Waals surface area contributed by atoms with Crippen LogP contribution in [0.4, 0.5) is 4.39 Å². The van der Waals surface area contributed by atoms with Crippen LogP contribution in [0.5, 0.6) is 11.5 Å². The van der Waals surface area contributed by atoms with Crippen LogP contribution in [0.1, 0.15) is 6.92 Å². The number of ether oxygens (including phenoxy) is 2. The Labute approximate surface area is 99.8 Å². The summed E-state index contributed by atoms with van der Waals surface area (Å²) >= 11 is 7.05. The minimum atomic E-state index is -0.462. The van der Waals surface area contributed by atoms with Gasteiger partial charge in [-0.15, -0.1) is 0 Å². The van der Waals surface area contributed by atoms with E-state index in [0.717, 1.165) is 4.70 Å². The van der Waals surface area contributed by atoms with Crippen LogP contribution in [-0.4, -0.2) is 17.7 Å². The lowest BCUT2D eigenvalue weighted by molar-refractivity contribution is 0.100. The Bertz CT molecular complexity index is 571. The first-order chi connectivity index (χ1) is 7.65. The lowest BCUT2D eigenvalue weighted by atomic mass is 10.2. The zero-order valence-corrected chi connectivity index (χ0v) is 9.86. The molecule has 16 heavy (non-hydrogen) atoms. The number of hydrogen-bond acceptors (Lipinski definition) is 4. The number of hydrogen-bond donors (Lipinski definition) is 0. The van der Waals surface area contributed by atoms with Gasteiger partial charge in [0.1, 0.15) is 17.4 Å². The molecule has 0 radical (unpaired) electrons. The molecule has 3 rings (SSSR count). The van der Waals surface area contributed by atoms with Crippen molar-refractivity contribution in [3.8, 4) is 11.5 Å². The Morgan fingerprint density at radius 2 is 2.38 bits per heavy atom. The molecule has 0 saturated heterocycles. The standard InChI is InChI=1S/C10H7ClFNO2S/c1-4-3-14-8-7(15-4)5(12)2-6-9(8)16-10(11)13-6/h2,4H,3H2,1H3/t4-/m0/s1. The fourth-order valence-electron chi connectivity index (χ4n) is 1.64. The average molecular weight is 260 g/mol. The fourth-order valence-corrected chi connectivity index (χ4v) is 2.73. The monoisotopic (exact) mass is 259 g/mol. The molecule has 1 aliphatic rings. The highest BCUT2D eigenvalue weighted by Gasteiger charge is 2.25. The topological polar surface area (TPSA) is 31.4 Å². The number of aromatic nitrogens is 1. The Hall–Kier alpha value is -1.07. The number of nitrogens with zero attached hydrogens (tertiary/aromatic N) is 1. The van der Waals surface area contributed by atoms with Gasteiger partial charge in [0.2, 0.25) is 0 Å². The van der Waals surface area contributed by atoms with E-state index in [0.29, 0.717) is 22.3 Å². The zero-order chi connectivity index (χ0) is 11.3. The fraction of sp³-hybridized carbons (Fsp3) is 0.300. The van der Waals surface area contributed by atoms with E-state index in [-0.39, 0.29) is 11.9 Å². The number of benzene rings is 1. The van der Waals surface area contributed by atoms with Gasteiger partial charge in [-0.1, -0.05) is 22.9 Å². The number of fused-ring (bicyclic) bond motifs is 3. The molecule has 0 spiro atoms. The van der Waals surface area contributed by atoms with Gasteiger partial charge in [-0.25, -0.2) is 9.37 Å². The van der Waals surface area contributed by atoms with Gasteiger partial charge in [-0.3, -0.25) is 0 Å². The molecule has 0 amide bonds. The first kappa shape index (κ1) is 10.1. The summed E-state index contributed by atoms with van der Waals surface area (Å²) in [5.41, 5.74) is 0.504. The Morgan fingerprint density at radius 1 is 1.56 bits per heavy atom. The van der Waals surface area contributed by atoms with Crippen molar-refractivity contribution >= 4 is 33.2 Å². The van der Waals surface area contributed by atoms with Crippen molar-refractivity contribution in [3.05, 3.63) is 16.4 Å². The van der Waals surface area contributed by atoms with Crippen molar-refractivity contribution < 1.29 is 13.9 Å². The quantitative estimate of drug-likeness (QED) is 0.728. The maximum Gasteiger partial charge on any atom is 0.199 e. The Kier molecular flexibility index (Phi) is 2.19. The minimum absolute atomic E-state index is 0.150. The molecule has 6 heteroatoms. The second-order valence-corrected chi connectivity index (χ2v) is 5.15. The van der Waals surface area contributed by atoms with E-state index in [1.165, 1.54) is 17.4 Å². The van der Waals surface area contributed by atoms with Crippen molar-refractivity contribution in [2.24, 2.45) is 0 Å². The SMILES string of the molecule is C[C@H]1COc2c(c(F)cc3nc(Cl)sc23)O1. The molecule has 2 heterocycles. The molecule has 3 nitrogen and oxygen atoms in total. The highest BCUT2D eigenvalue weighted by atomic mass is 35.5. The van der Waals surface area contributed by atoms with Crippen molar-refractivity contribution in [3.63, 3.8) is 0 Å². The molecule has 84 valence electrons. The molecule has 0 fully saturated rings. The number of halogens is 2. The predicted octanol–water partition coefficient (Wildman–Crippen LogP) is 3.25. The van der Waals surface area contributed by atoms with Crippen LogP contribution in [0.25, 0.3) is 10.2 Å². The molecule has 0 bridgehead atoms. The summed E-state index contributed by atoms with van der Waals surface area (Å²) in [4.78, 5) is 4.01. The molecular formula is C10H7ClFNO2S. The predicted molar refractivity (Wildman–Crippen MR) is 60.2 cm³/mol. The van der Waals surface area contributed by atoms with E-state index in [4.69, 9.17) is 21.1 Å². The third-order valence-corrected chi connectivity index (χ3v) is 3.48. The molecule has 1 aromatic carbocycles. The summed E-state index contributed by atoms with van der Waals surface area (Å²) in [6, 6.07) is 1.32. The van der Waals surface area contributed by atoms with E-state index in [1.54, 1.807) is 0 Å². The molecule has 1 atom stereocenters. The highest BCUT2D eigenvalue weighted by Crippen LogP contribution is 2.44. The third kappa shape index (κ3) is 1.43. The van der Waals surface area contributed by atoms with E-state index in [9.17, 15) is 4.39 Å². The summed E-state index contributed by atoms with van der Waals surface area (Å²) < 4.78 is 25.7. The van der Waals surface area contributed by atoms with Crippen LogP contribution in [0.15, 0.2) is 6.07 Å². The smallest absolute Gasteiger partial charge is 0.199 e. The van der Waals surface area contributed by atoms with Crippen molar-refractivity contribution in [1.29, 1.82) is 0 Å². The van der Waals surface area contributed by atoms with Gasteiger partial charge < -0.3 is 9.47 Å². The number of thiazole rings is 1. The van der Waals surface area contributed by atoms with Gasteiger partial charge in [0.25, 0.3) is 0 Å². The van der Waals surface area contributed by atoms with Crippen LogP contribution in [-0.2, 0) is 0 Å². The summed E-state index contributed by atoms with van der Waals surface area (Å²) in [6.07, 6.45) is -0.150. The van der Waals surface area contributed by atoms with E-state index in [1.807, 2.05) is 6.92 Å². The van der Waals surface area contributed by atoms with Crippen molar-refractivity contribution in [2.45, 2.75) is 13.0 Å². The van der Waals surface area contributed by atoms with Crippen LogP contribution < -0.4 is 9.47 Å². The number of rotatable bonds is 0. The lowest BCUT2D eigenvalue weighted by Crippen LogP contribution is -2.26. The van der Waals surface area contributed by atoms with Gasteiger partial charge in [0.05, 0.1) is 5.52 Å². The largest absolute Gasteiger partial charge is 0.484 e. The van der Waals surface area contributed by atoms with Gasteiger partial charge >= 0.3 is 0 Å². The second-order valence-electron chi connectivity index (χ2n) is 3.57. The molecule has 1 aliphatic heterocycles. The van der Waals surface area contributed by atoms with Crippen LogP contribution in [0, 0.1) is 5.82 Å². The summed E-state index contributed by atoms with van der Waals surface area (Å²) in [6.45, 7) is 2.23. The second kappa shape index (κ2) is 3.46. The molecule has 0 N–H and O–H groups in total. The maximum atomic E-state index is 13.7. The van der Waals surface area contributed by atoms with Crippen molar-refractivity contribution in [2.75, 3.05) is 6.61 Å². The molecule has 1 aromatic heterocycles. The average Bonchev–Trinajstić information content (AvgIpc) is 2.59. The summed E-state index contributed by atoms with van der Waals surface area (Å²) in [5, 5.41) is 0. The lowest BCUT2D eigenvalue weighted by Gasteiger charge is -2.24. The molecular weight excluding hydrogens is 253 g/mol. The first-order valence-corrected chi connectivity index (χ1v) is 5.92. The van der Waals surface area contributed by atoms with E-state index >= 15 is 0 Å². The van der Waals surface area contributed by atoms with Gasteiger partial charge in [-0.2, -0.15) is 0 Å². The molecule has 0 aliphatic carbocycles. The minimum Gasteiger partial charge on any atom is -0.484 e. The van der Waals surface area contributed by atoms with Crippen LogP contribution in [0.2, 0.25) is 4.47 Å². The van der Waals surface area contributed by atoms with Gasteiger partial charge in [0.15, 0.2) is 21.8 Å². The normalized spacial score (nSPS) is 19.1. The highest BCUT2D eigenvalue weighted by molar-refractivity contribution is 7.22. The van der Waals surface area contributed by atoms with E-state index < -0.39 is 5.82 Å². The Balaban J connectivity index is 2.31. The molecule has 2 aromatic rings. The summed E-state index contributed by atoms with van der Waals surface area (Å²) in [7, 11) is 0. The Morgan fingerprint density at radius 3 is 3.19 bits per heavy atom. The molecule has 0 unspecified atom stereocenters. The van der Waals surface area contributed by atoms with Crippen LogP contribution >= 0.6 is 22.9 Å². The van der Waals surface area contributed by atoms with Crippen molar-refractivity contribution in [1.82, 2.24) is 4.98 Å². The zero-order valence-electron chi connectivity index (χ0n) is 8.29. The third-order valence-electron chi connectivity index (χ3n) is 2.30.